The molecule has 1 fully saturated rings. The summed E-state index contributed by atoms with van der Waals surface area (Å²) < 4.78 is 88.9. The zero-order valence-corrected chi connectivity index (χ0v) is 6.38. The van der Waals surface area contributed by atoms with Crippen LogP contribution in [0.25, 0.3) is 0 Å². The molecular weight excluding hydrogens is 166 g/mol. The van der Waals surface area contributed by atoms with Crippen molar-refractivity contribution in [1.82, 2.24) is 4.98 Å². The Labute approximate surface area is 92.8 Å². The first-order valence-corrected chi connectivity index (χ1v) is 3.31. The van der Waals surface area contributed by atoms with Crippen LogP contribution in [0.15, 0.2) is 18.3 Å². The fraction of sp³-hybridized carbons (Fsp3) is 0.444. The molecule has 1 aliphatic heterocycles. The summed E-state index contributed by atoms with van der Waals surface area (Å²) in [5.74, 6) is -0.903. The SMILES string of the molecule is [2H]c1nc(N2C([2H])([2H])C([2H])([2H])OC([2H])([2H])C2([2H])[2H])c([2H])c(N)c1[2H]. The molecule has 0 spiro atoms. The quantitative estimate of drug-likeness (QED) is 0.700. The number of nitrogen functional groups attached to an aromatic ring is 1. The summed E-state index contributed by atoms with van der Waals surface area (Å²) in [6, 6.07) is -1.46. The first-order chi connectivity index (χ1) is 10.6. The third kappa shape index (κ3) is 1.89. The summed E-state index contributed by atoms with van der Waals surface area (Å²) in [4.78, 5) is 3.41. The average Bonchev–Trinajstić information content (AvgIpc) is 2.39. The average molecular weight is 190 g/mol. The van der Waals surface area contributed by atoms with Crippen LogP contribution in [0.2, 0.25) is 0 Å². The number of aromatic nitrogens is 1. The Morgan fingerprint density at radius 2 is 2.38 bits per heavy atom. The van der Waals surface area contributed by atoms with E-state index >= 15 is 0 Å². The van der Waals surface area contributed by atoms with Crippen LogP contribution in [0.5, 0.6) is 0 Å². The molecule has 0 atom stereocenters. The van der Waals surface area contributed by atoms with E-state index in [4.69, 9.17) is 20.8 Å². The van der Waals surface area contributed by atoms with Crippen molar-refractivity contribution in [1.29, 1.82) is 0 Å². The van der Waals surface area contributed by atoms with E-state index in [0.717, 1.165) is 0 Å². The van der Waals surface area contributed by atoms with Gasteiger partial charge in [0.15, 0.2) is 0 Å². The summed E-state index contributed by atoms with van der Waals surface area (Å²) in [5.41, 5.74) is 4.88. The molecule has 70 valence electrons. The molecule has 1 aromatic heterocycles. The van der Waals surface area contributed by atoms with Crippen molar-refractivity contribution in [3.05, 3.63) is 18.3 Å². The van der Waals surface area contributed by atoms with Gasteiger partial charge in [-0.15, -0.1) is 0 Å². The number of rotatable bonds is 1. The number of hydrogen-bond donors (Lipinski definition) is 1. The smallest absolute Gasteiger partial charge is 0.130 e. The minimum Gasteiger partial charge on any atom is -0.399 e. The van der Waals surface area contributed by atoms with Gasteiger partial charge in [-0.25, -0.2) is 4.98 Å². The molecule has 4 nitrogen and oxygen atoms in total. The maximum atomic E-state index is 7.86. The lowest BCUT2D eigenvalue weighted by Gasteiger charge is -2.27. The largest absolute Gasteiger partial charge is 0.399 e. The van der Waals surface area contributed by atoms with Crippen molar-refractivity contribution >= 4 is 11.5 Å². The highest BCUT2D eigenvalue weighted by Crippen LogP contribution is 2.14. The number of pyridine rings is 1. The van der Waals surface area contributed by atoms with Gasteiger partial charge in [0.25, 0.3) is 0 Å². The van der Waals surface area contributed by atoms with Gasteiger partial charge in [0, 0.05) is 30.9 Å². The van der Waals surface area contributed by atoms with E-state index < -0.39 is 55.9 Å². The standard InChI is InChI=1S/C9H13N3O/c10-8-1-2-11-9(7-8)12-3-5-13-6-4-12/h1-2,7H,3-6H2,(H2,10,11)/i1D,2D,3D2,4D2,5D2,6D2,7D. The van der Waals surface area contributed by atoms with Gasteiger partial charge in [-0.05, 0) is 6.04 Å². The first-order valence-electron chi connectivity index (χ1n) is 8.81. The Bertz CT molecular complexity index is 666. The van der Waals surface area contributed by atoms with Crippen LogP contribution in [-0.4, -0.2) is 31.1 Å². The van der Waals surface area contributed by atoms with E-state index in [9.17, 15) is 0 Å². The van der Waals surface area contributed by atoms with Crippen LogP contribution >= 0.6 is 0 Å². The van der Waals surface area contributed by atoms with Crippen LogP contribution < -0.4 is 10.6 Å². The zero-order valence-electron chi connectivity index (χ0n) is 17.4. The Morgan fingerprint density at radius 1 is 1.62 bits per heavy atom. The van der Waals surface area contributed by atoms with Crippen LogP contribution in [-0.2, 0) is 4.74 Å². The van der Waals surface area contributed by atoms with Gasteiger partial charge >= 0.3 is 0 Å². The molecule has 0 bridgehead atoms. The molecule has 0 radical (unpaired) electrons. The lowest BCUT2D eigenvalue weighted by Crippen LogP contribution is -2.36. The number of anilines is 2. The second-order valence-corrected chi connectivity index (χ2v) is 2.08. The Balaban J connectivity index is 2.83. The molecule has 2 N–H and O–H groups in total. The molecule has 0 saturated carbocycles. The molecule has 4 heteroatoms. The predicted octanol–water partition coefficient (Wildman–Crippen LogP) is 0.500. The minimum absolute atomic E-state index is 0.0420. The first kappa shape index (κ1) is 2.39. The summed E-state index contributed by atoms with van der Waals surface area (Å²) in [5, 5.41) is 0. The number of ether oxygens (including phenoxy) is 1. The summed E-state index contributed by atoms with van der Waals surface area (Å²) >= 11 is 0. The summed E-state index contributed by atoms with van der Waals surface area (Å²) in [7, 11) is 0. The fourth-order valence-corrected chi connectivity index (χ4v) is 0.723. The third-order valence-corrected chi connectivity index (χ3v) is 1.23. The van der Waals surface area contributed by atoms with Gasteiger partial charge in [0.2, 0.25) is 0 Å². The second kappa shape index (κ2) is 3.62. The zero-order chi connectivity index (χ0) is 18.9. The monoisotopic (exact) mass is 190 g/mol. The second-order valence-electron chi connectivity index (χ2n) is 2.08. The van der Waals surface area contributed by atoms with Gasteiger partial charge in [0.05, 0.1) is 28.2 Å². The van der Waals surface area contributed by atoms with Crippen LogP contribution in [0.4, 0.5) is 11.5 Å². The molecule has 1 saturated heterocycles. The molecule has 1 aromatic rings. The summed E-state index contributed by atoms with van der Waals surface area (Å²) in [6.07, 6.45) is -0.794. The van der Waals surface area contributed by atoms with Crippen LogP contribution in [0.3, 0.4) is 0 Å². The van der Waals surface area contributed by atoms with Crippen LogP contribution in [0, 0.1) is 0 Å². The van der Waals surface area contributed by atoms with Crippen molar-refractivity contribution in [2.45, 2.75) is 0 Å². The van der Waals surface area contributed by atoms with E-state index in [1.54, 1.807) is 0 Å². The van der Waals surface area contributed by atoms with E-state index in [0.29, 0.717) is 0 Å². The fourth-order valence-electron chi connectivity index (χ4n) is 0.723. The van der Waals surface area contributed by atoms with Gasteiger partial charge in [-0.1, -0.05) is 0 Å². The molecule has 13 heavy (non-hydrogen) atoms. The number of nitrogens with zero attached hydrogens (tertiary/aromatic N) is 2. The maximum absolute atomic E-state index is 7.86. The lowest BCUT2D eigenvalue weighted by molar-refractivity contribution is 0.122. The maximum Gasteiger partial charge on any atom is 0.130 e. The van der Waals surface area contributed by atoms with Gasteiger partial charge in [-0.2, -0.15) is 0 Å². The van der Waals surface area contributed by atoms with Crippen molar-refractivity contribution in [2.75, 3.05) is 36.7 Å². The minimum atomic E-state index is -3.31. The van der Waals surface area contributed by atoms with E-state index in [1.165, 1.54) is 0 Å². The molecule has 1 aliphatic rings. The Morgan fingerprint density at radius 3 is 3.15 bits per heavy atom. The van der Waals surface area contributed by atoms with Gasteiger partial charge in [-0.3, -0.25) is 0 Å². The molecule has 0 amide bonds. The molecular formula is C9H13N3O. The van der Waals surface area contributed by atoms with E-state index in [1.807, 2.05) is 0 Å². The predicted molar refractivity (Wildman–Crippen MR) is 51.7 cm³/mol. The Hall–Kier alpha value is -1.29. The number of nitrogens with two attached hydrogens (primary N) is 1. The highest BCUT2D eigenvalue weighted by atomic mass is 16.5. The van der Waals surface area contributed by atoms with Crippen molar-refractivity contribution < 1.29 is 19.8 Å². The van der Waals surface area contributed by atoms with E-state index in [-0.39, 0.29) is 4.90 Å². The Kier molecular flexibility index (Phi) is 0.665. The van der Waals surface area contributed by atoms with E-state index in [2.05, 4.69) is 9.72 Å². The highest BCUT2D eigenvalue weighted by Gasteiger charge is 2.11. The van der Waals surface area contributed by atoms with Gasteiger partial charge in [0.1, 0.15) is 5.82 Å². The normalized spacial score (nSPS) is 45.2. The number of morpholine rings is 1. The lowest BCUT2D eigenvalue weighted by atomic mass is 10.3. The van der Waals surface area contributed by atoms with Crippen LogP contribution in [0.1, 0.15) is 15.1 Å². The topological polar surface area (TPSA) is 51.4 Å². The van der Waals surface area contributed by atoms with Crippen molar-refractivity contribution in [2.24, 2.45) is 0 Å². The number of hydrogen-bond acceptors (Lipinski definition) is 4. The molecule has 0 unspecified atom stereocenters. The molecule has 2 rings (SSSR count). The molecule has 0 aliphatic carbocycles. The molecule has 2 heterocycles. The summed E-state index contributed by atoms with van der Waals surface area (Å²) in [6.45, 7) is -13.2. The highest BCUT2D eigenvalue weighted by molar-refractivity contribution is 5.50. The van der Waals surface area contributed by atoms with Crippen molar-refractivity contribution in [3.63, 3.8) is 0 Å². The third-order valence-electron chi connectivity index (χ3n) is 1.23. The molecule has 0 aromatic carbocycles. The van der Waals surface area contributed by atoms with Gasteiger partial charge < -0.3 is 15.4 Å². The van der Waals surface area contributed by atoms with Crippen molar-refractivity contribution in [3.8, 4) is 0 Å².